The molecule has 17 nitrogen and oxygen atoms in total. The number of nitrogens with one attached hydrogen (secondary N) is 2. The Hall–Kier alpha value is -4.17. The molecule has 9 rings (SSSR count). The van der Waals surface area contributed by atoms with Gasteiger partial charge in [0.1, 0.15) is 30.1 Å². The van der Waals surface area contributed by atoms with Crippen molar-refractivity contribution >= 4 is 29.2 Å². The summed E-state index contributed by atoms with van der Waals surface area (Å²) in [6, 6.07) is 5.85. The van der Waals surface area contributed by atoms with E-state index in [9.17, 15) is 54.6 Å². The Morgan fingerprint density at radius 3 is 2.42 bits per heavy atom. The highest BCUT2D eigenvalue weighted by Crippen LogP contribution is 2.68. The molecular weight excluding hydrogens is 951 g/mol. The second kappa shape index (κ2) is 21.3. The number of benzene rings is 2. The summed E-state index contributed by atoms with van der Waals surface area (Å²) < 4.78 is 18.1. The number of carbonyl (C=O) groups excluding carboxylic acids is 5. The van der Waals surface area contributed by atoms with Crippen LogP contribution in [-0.4, -0.2) is 135 Å². The van der Waals surface area contributed by atoms with E-state index in [1.54, 1.807) is 19.1 Å². The largest absolute Gasteiger partial charge is 0.496 e. The van der Waals surface area contributed by atoms with Gasteiger partial charge in [-0.05, 0) is 160 Å². The van der Waals surface area contributed by atoms with E-state index in [2.05, 4.69) is 31.4 Å². The Kier molecular flexibility index (Phi) is 15.7. The van der Waals surface area contributed by atoms with Gasteiger partial charge in [-0.15, -0.1) is 0 Å². The summed E-state index contributed by atoms with van der Waals surface area (Å²) in [4.78, 5) is 69.2. The molecule has 18 atom stereocenters. The zero-order chi connectivity index (χ0) is 53.2. The standard InChI is InChI=1S/C57H79N3O14/c1-28(37-13-14-38-50-39(23-45(64)56(37,38)4)55(3)17-16-32(62)20-31(55)21-42(50)63)12-15-47(66)59-40(10-6-7-18-58)54(70)60-41-24-48(73-29(2)51(41)67)74-44-26-57(71,46(65)27-61)25-30-19-35-36(22-34(30)44)53(69)49-33(52(35)68)9-8-11-43(49)72-5/h8-9,11,19,22,28-29,31-32,37-42,44-45,48,50-51,61-64,67,71H,6-7,10,12-18,20-21,23-27,58H2,1-5H3,(H,59,66)(H,60,70)/t28-,29?,31+,32-,37-,38?,39+,40?,41?,42-,44+,45+,48?,50+,51?,55+,56-,57+/m1/s1. The average Bonchev–Trinajstić information content (AvgIpc) is 3.74. The van der Waals surface area contributed by atoms with Gasteiger partial charge in [0.2, 0.25) is 11.8 Å². The highest BCUT2D eigenvalue weighted by atomic mass is 16.7. The number of nitrogens with two attached hydrogens (primary N) is 1. The van der Waals surface area contributed by atoms with Crippen LogP contribution in [-0.2, 0) is 30.3 Å². The van der Waals surface area contributed by atoms with Gasteiger partial charge < -0.3 is 61.2 Å². The Morgan fingerprint density at radius 1 is 0.932 bits per heavy atom. The number of aliphatic hydroxyl groups excluding tert-OH is 5. The first-order chi connectivity index (χ1) is 35.2. The highest BCUT2D eigenvalue weighted by molar-refractivity contribution is 6.29. The lowest BCUT2D eigenvalue weighted by Gasteiger charge is -2.63. The summed E-state index contributed by atoms with van der Waals surface area (Å²) in [7, 11) is 1.41. The molecule has 0 spiro atoms. The van der Waals surface area contributed by atoms with Crippen molar-refractivity contribution in [1.82, 2.24) is 10.6 Å². The highest BCUT2D eigenvalue weighted by Gasteiger charge is 2.66. The molecular formula is C57H79N3O14. The molecule has 10 N–H and O–H groups in total. The molecule has 6 aliphatic carbocycles. The fraction of sp³-hybridized carbons (Fsp3) is 0.702. The number of ether oxygens (including phenoxy) is 3. The van der Waals surface area contributed by atoms with Crippen LogP contribution in [0.4, 0.5) is 0 Å². The molecule has 0 aromatic heterocycles. The van der Waals surface area contributed by atoms with Gasteiger partial charge in [0, 0.05) is 42.4 Å². The maximum atomic E-state index is 14.3. The molecule has 1 heterocycles. The van der Waals surface area contributed by atoms with Crippen molar-refractivity contribution < 1.29 is 68.8 Å². The molecule has 17 heteroatoms. The number of rotatable bonds is 16. The fourth-order valence-corrected chi connectivity index (χ4v) is 15.6. The monoisotopic (exact) mass is 1030 g/mol. The third-order valence-electron chi connectivity index (χ3n) is 19.8. The number of hydrogen-bond donors (Lipinski definition) is 9. The lowest BCUT2D eigenvalue weighted by atomic mass is 9.43. The fourth-order valence-electron chi connectivity index (χ4n) is 15.6. The van der Waals surface area contributed by atoms with Crippen LogP contribution in [0, 0.1) is 46.3 Å². The topological polar surface area (TPSA) is 284 Å². The smallest absolute Gasteiger partial charge is 0.242 e. The van der Waals surface area contributed by atoms with Crippen molar-refractivity contribution in [3.8, 4) is 5.75 Å². The van der Waals surface area contributed by atoms with Crippen LogP contribution in [0.5, 0.6) is 5.75 Å². The van der Waals surface area contributed by atoms with Gasteiger partial charge in [-0.2, -0.15) is 0 Å². The number of carbonyl (C=O) groups is 5. The number of amides is 2. The molecule has 0 radical (unpaired) electrons. The van der Waals surface area contributed by atoms with Crippen LogP contribution in [0.2, 0.25) is 0 Å². The predicted molar refractivity (Wildman–Crippen MR) is 270 cm³/mol. The Balaban J connectivity index is 0.866. The zero-order valence-electron chi connectivity index (χ0n) is 43.6. The first kappa shape index (κ1) is 54.6. The first-order valence-corrected chi connectivity index (χ1v) is 27.3. The summed E-state index contributed by atoms with van der Waals surface area (Å²) in [5.41, 5.74) is 4.48. The van der Waals surface area contributed by atoms with Crippen molar-refractivity contribution in [2.45, 2.75) is 185 Å². The van der Waals surface area contributed by atoms with Gasteiger partial charge in [-0.1, -0.05) is 32.9 Å². The normalized spacial score (nSPS) is 38.0. The minimum atomic E-state index is -2.11. The van der Waals surface area contributed by atoms with Crippen LogP contribution >= 0.6 is 0 Å². The summed E-state index contributed by atoms with van der Waals surface area (Å²) in [6.07, 6.45) is 1.19. The Bertz CT molecular complexity index is 2490. The van der Waals surface area contributed by atoms with Crippen molar-refractivity contribution in [3.05, 3.63) is 63.7 Å². The van der Waals surface area contributed by atoms with E-state index >= 15 is 0 Å². The molecule has 7 aliphatic rings. The van der Waals surface area contributed by atoms with E-state index in [-0.39, 0.29) is 113 Å². The van der Waals surface area contributed by atoms with Crippen molar-refractivity contribution in [3.63, 3.8) is 0 Å². The van der Waals surface area contributed by atoms with E-state index in [1.165, 1.54) is 25.3 Å². The lowest BCUT2D eigenvalue weighted by Crippen LogP contribution is -2.62. The Morgan fingerprint density at radius 2 is 1.69 bits per heavy atom. The molecule has 4 saturated carbocycles. The van der Waals surface area contributed by atoms with Crippen LogP contribution < -0.4 is 21.1 Å². The molecule has 1 aliphatic heterocycles. The van der Waals surface area contributed by atoms with Crippen LogP contribution in [0.25, 0.3) is 0 Å². The van der Waals surface area contributed by atoms with Crippen molar-refractivity contribution in [2.24, 2.45) is 52.1 Å². The van der Waals surface area contributed by atoms with Crippen LogP contribution in [0.3, 0.4) is 0 Å². The second-order valence-corrected chi connectivity index (χ2v) is 23.8. The van der Waals surface area contributed by atoms with Gasteiger partial charge in [0.05, 0.1) is 49.2 Å². The minimum Gasteiger partial charge on any atom is -0.496 e. The average molecular weight is 1030 g/mol. The molecule has 2 aromatic carbocycles. The maximum Gasteiger partial charge on any atom is 0.242 e. The van der Waals surface area contributed by atoms with Crippen molar-refractivity contribution in [1.29, 1.82) is 0 Å². The molecule has 74 heavy (non-hydrogen) atoms. The number of unbranched alkanes of at least 4 members (excludes halogenated alkanes) is 1. The molecule has 406 valence electrons. The van der Waals surface area contributed by atoms with Gasteiger partial charge in [0.25, 0.3) is 0 Å². The maximum absolute atomic E-state index is 14.3. The number of Topliss-reactive ketones (excluding diaryl/α,β-unsaturated/α-hetero) is 1. The molecule has 0 bridgehead atoms. The molecule has 2 aromatic rings. The van der Waals surface area contributed by atoms with Crippen LogP contribution in [0.15, 0.2) is 30.3 Å². The van der Waals surface area contributed by atoms with E-state index in [4.69, 9.17) is 19.9 Å². The summed E-state index contributed by atoms with van der Waals surface area (Å²) >= 11 is 0. The first-order valence-electron chi connectivity index (χ1n) is 27.3. The molecule has 2 amide bonds. The Labute approximate surface area is 433 Å². The minimum absolute atomic E-state index is 0.0323. The summed E-state index contributed by atoms with van der Waals surface area (Å²) in [6.45, 7) is 7.70. The molecule has 6 unspecified atom stereocenters. The third kappa shape index (κ3) is 9.69. The second-order valence-electron chi connectivity index (χ2n) is 23.8. The van der Waals surface area contributed by atoms with Crippen LogP contribution in [0.1, 0.15) is 167 Å². The number of aliphatic hydroxyl groups is 6. The SMILES string of the molecule is COc1cccc2c1C(=O)c1cc3c(cc1C2=O)C[C@@](O)(C(=O)CO)C[C@@H]3OC1CC(NC(=O)C(CCCCN)NC(=O)CC[C@@H](C)[C@H]2CCC3[C@@H]4[C@H](O)C[C@@H]5C[C@H](O)CC[C@]5(C)[C@H]4C[C@H](O)[C@@]32C)C(O)C(C)O1. The van der Waals surface area contributed by atoms with E-state index in [0.717, 1.165) is 25.7 Å². The van der Waals surface area contributed by atoms with Gasteiger partial charge in [-0.3, -0.25) is 24.0 Å². The zero-order valence-corrected chi connectivity index (χ0v) is 43.6. The van der Waals surface area contributed by atoms with E-state index in [1.807, 2.05) is 0 Å². The summed E-state index contributed by atoms with van der Waals surface area (Å²) in [5, 5.41) is 73.4. The number of hydrogen-bond acceptors (Lipinski definition) is 15. The predicted octanol–water partition coefficient (Wildman–Crippen LogP) is 3.74. The van der Waals surface area contributed by atoms with Gasteiger partial charge >= 0.3 is 0 Å². The quantitative estimate of drug-likeness (QED) is 0.0925. The lowest BCUT2D eigenvalue weighted by molar-refractivity contribution is -0.249. The van der Waals surface area contributed by atoms with Gasteiger partial charge in [-0.25, -0.2) is 0 Å². The van der Waals surface area contributed by atoms with Crippen molar-refractivity contribution in [2.75, 3.05) is 20.3 Å². The number of methoxy groups -OCH3 is 1. The number of fused-ring (bicyclic) bond motifs is 8. The molecule has 5 fully saturated rings. The number of ketones is 3. The third-order valence-corrected chi connectivity index (χ3v) is 19.8. The summed E-state index contributed by atoms with van der Waals surface area (Å²) in [5.74, 6) is -1.51. The van der Waals surface area contributed by atoms with Gasteiger partial charge in [0.15, 0.2) is 23.6 Å². The molecule has 1 saturated heterocycles. The van der Waals surface area contributed by atoms with E-state index < -0.39 is 89.8 Å². The van der Waals surface area contributed by atoms with E-state index in [0.29, 0.717) is 56.2 Å².